The molecule has 16 heavy (non-hydrogen) atoms. The first-order chi connectivity index (χ1) is 7.75. The van der Waals surface area contributed by atoms with E-state index in [-0.39, 0.29) is 24.4 Å². The SMILES string of the molecule is O=C1CNC(=O)[C@H](CCc2ccccc2)N1. The third-order valence-electron chi connectivity index (χ3n) is 2.64. The minimum atomic E-state index is -0.388. The van der Waals surface area contributed by atoms with Gasteiger partial charge in [0.2, 0.25) is 11.8 Å². The zero-order chi connectivity index (χ0) is 11.4. The first-order valence-electron chi connectivity index (χ1n) is 5.37. The van der Waals surface area contributed by atoms with Crippen LogP contribution in [-0.2, 0) is 16.0 Å². The van der Waals surface area contributed by atoms with Gasteiger partial charge in [-0.05, 0) is 18.4 Å². The number of piperazine rings is 1. The molecule has 4 heteroatoms. The van der Waals surface area contributed by atoms with E-state index in [1.54, 1.807) is 0 Å². The summed E-state index contributed by atoms with van der Waals surface area (Å²) in [5.41, 5.74) is 1.18. The predicted molar refractivity (Wildman–Crippen MR) is 59.7 cm³/mol. The van der Waals surface area contributed by atoms with Crippen molar-refractivity contribution >= 4 is 11.8 Å². The van der Waals surface area contributed by atoms with Crippen molar-refractivity contribution in [2.24, 2.45) is 0 Å². The fourth-order valence-corrected chi connectivity index (χ4v) is 1.76. The first kappa shape index (κ1) is 10.7. The van der Waals surface area contributed by atoms with Crippen LogP contribution in [0.15, 0.2) is 30.3 Å². The Kier molecular flexibility index (Phi) is 3.19. The Morgan fingerprint density at radius 2 is 1.94 bits per heavy atom. The van der Waals surface area contributed by atoms with Gasteiger partial charge in [0.25, 0.3) is 0 Å². The van der Waals surface area contributed by atoms with Crippen LogP contribution in [0.2, 0.25) is 0 Å². The lowest BCUT2D eigenvalue weighted by atomic mass is 10.0. The average Bonchev–Trinajstić information content (AvgIpc) is 2.32. The Bertz CT molecular complexity index is 389. The molecule has 1 saturated heterocycles. The molecule has 1 heterocycles. The van der Waals surface area contributed by atoms with Gasteiger partial charge in [0, 0.05) is 0 Å². The van der Waals surface area contributed by atoms with Crippen LogP contribution in [-0.4, -0.2) is 24.4 Å². The molecule has 1 aliphatic heterocycles. The second kappa shape index (κ2) is 4.79. The van der Waals surface area contributed by atoms with Gasteiger partial charge in [0.1, 0.15) is 6.04 Å². The Morgan fingerprint density at radius 1 is 1.19 bits per heavy atom. The van der Waals surface area contributed by atoms with Gasteiger partial charge in [-0.25, -0.2) is 0 Å². The summed E-state index contributed by atoms with van der Waals surface area (Å²) in [6, 6.07) is 9.54. The summed E-state index contributed by atoms with van der Waals surface area (Å²) >= 11 is 0. The molecule has 1 fully saturated rings. The second-order valence-corrected chi connectivity index (χ2v) is 3.86. The monoisotopic (exact) mass is 218 g/mol. The van der Waals surface area contributed by atoms with Gasteiger partial charge in [-0.3, -0.25) is 9.59 Å². The number of hydrogen-bond donors (Lipinski definition) is 2. The molecular weight excluding hydrogens is 204 g/mol. The van der Waals surface area contributed by atoms with Crippen LogP contribution >= 0.6 is 0 Å². The molecule has 0 spiro atoms. The molecule has 84 valence electrons. The highest BCUT2D eigenvalue weighted by Gasteiger charge is 2.25. The summed E-state index contributed by atoms with van der Waals surface area (Å²) < 4.78 is 0. The zero-order valence-electron chi connectivity index (χ0n) is 8.90. The number of carbonyl (C=O) groups is 2. The minimum Gasteiger partial charge on any atom is -0.345 e. The van der Waals surface area contributed by atoms with E-state index in [1.165, 1.54) is 5.56 Å². The van der Waals surface area contributed by atoms with Crippen LogP contribution < -0.4 is 10.6 Å². The molecule has 4 nitrogen and oxygen atoms in total. The van der Waals surface area contributed by atoms with Gasteiger partial charge in [0.05, 0.1) is 6.54 Å². The van der Waals surface area contributed by atoms with E-state index in [0.29, 0.717) is 6.42 Å². The number of carbonyl (C=O) groups excluding carboxylic acids is 2. The van der Waals surface area contributed by atoms with Crippen LogP contribution in [0.4, 0.5) is 0 Å². The minimum absolute atomic E-state index is 0.0875. The summed E-state index contributed by atoms with van der Waals surface area (Å²) in [5, 5.41) is 5.25. The maximum Gasteiger partial charge on any atom is 0.243 e. The number of amides is 2. The largest absolute Gasteiger partial charge is 0.345 e. The highest BCUT2D eigenvalue weighted by atomic mass is 16.2. The lowest BCUT2D eigenvalue weighted by Gasteiger charge is -2.22. The van der Waals surface area contributed by atoms with Crippen LogP contribution in [0.25, 0.3) is 0 Å². The van der Waals surface area contributed by atoms with Crippen molar-refractivity contribution in [1.29, 1.82) is 0 Å². The van der Waals surface area contributed by atoms with E-state index >= 15 is 0 Å². The normalized spacial score (nSPS) is 20.1. The van der Waals surface area contributed by atoms with Gasteiger partial charge in [-0.1, -0.05) is 30.3 Å². The molecule has 1 aliphatic rings. The van der Waals surface area contributed by atoms with Crippen molar-refractivity contribution < 1.29 is 9.59 Å². The summed E-state index contributed by atoms with van der Waals surface area (Å²) in [4.78, 5) is 22.5. The van der Waals surface area contributed by atoms with Crippen molar-refractivity contribution in [3.63, 3.8) is 0 Å². The topological polar surface area (TPSA) is 58.2 Å². The molecule has 0 saturated carbocycles. The predicted octanol–water partition coefficient (Wildman–Crippen LogP) is 0.234. The summed E-state index contributed by atoms with van der Waals surface area (Å²) in [5.74, 6) is -0.201. The Hall–Kier alpha value is -1.84. The van der Waals surface area contributed by atoms with Gasteiger partial charge in [0.15, 0.2) is 0 Å². The average molecular weight is 218 g/mol. The van der Waals surface area contributed by atoms with Gasteiger partial charge in [-0.15, -0.1) is 0 Å². The fraction of sp³-hybridized carbons (Fsp3) is 0.333. The van der Waals surface area contributed by atoms with E-state index in [0.717, 1.165) is 6.42 Å². The Morgan fingerprint density at radius 3 is 2.69 bits per heavy atom. The molecule has 2 amide bonds. The van der Waals surface area contributed by atoms with E-state index < -0.39 is 0 Å². The van der Waals surface area contributed by atoms with Crippen LogP contribution in [0.3, 0.4) is 0 Å². The molecule has 0 aromatic heterocycles. The van der Waals surface area contributed by atoms with Crippen molar-refractivity contribution in [1.82, 2.24) is 10.6 Å². The molecule has 1 atom stereocenters. The summed E-state index contributed by atoms with van der Waals surface area (Å²) in [6.07, 6.45) is 1.43. The standard InChI is InChI=1S/C12H14N2O2/c15-11-8-13-12(16)10(14-11)7-6-9-4-2-1-3-5-9/h1-5,10H,6-8H2,(H,13,16)(H,14,15)/t10-/m0/s1. The molecular formula is C12H14N2O2. The molecule has 0 bridgehead atoms. The van der Waals surface area contributed by atoms with Crippen LogP contribution in [0.1, 0.15) is 12.0 Å². The quantitative estimate of drug-likeness (QED) is 0.763. The third-order valence-corrected chi connectivity index (χ3v) is 2.64. The zero-order valence-corrected chi connectivity index (χ0v) is 8.90. The molecule has 1 aromatic carbocycles. The number of hydrogen-bond acceptors (Lipinski definition) is 2. The molecule has 0 aliphatic carbocycles. The molecule has 2 N–H and O–H groups in total. The molecule has 0 unspecified atom stereocenters. The highest BCUT2D eigenvalue weighted by molar-refractivity contribution is 5.94. The van der Waals surface area contributed by atoms with Crippen molar-refractivity contribution in [3.05, 3.63) is 35.9 Å². The first-order valence-corrected chi connectivity index (χ1v) is 5.37. The lowest BCUT2D eigenvalue weighted by molar-refractivity contribution is -0.133. The molecule has 2 rings (SSSR count). The Balaban J connectivity index is 1.90. The number of nitrogens with one attached hydrogen (secondary N) is 2. The smallest absolute Gasteiger partial charge is 0.243 e. The van der Waals surface area contributed by atoms with E-state index in [1.807, 2.05) is 30.3 Å². The van der Waals surface area contributed by atoms with Crippen LogP contribution in [0.5, 0.6) is 0 Å². The highest BCUT2D eigenvalue weighted by Crippen LogP contribution is 2.06. The van der Waals surface area contributed by atoms with Crippen LogP contribution in [0, 0.1) is 0 Å². The number of aryl methyl sites for hydroxylation is 1. The number of rotatable bonds is 3. The maximum absolute atomic E-state index is 11.4. The molecule has 1 aromatic rings. The third kappa shape index (κ3) is 2.59. The lowest BCUT2D eigenvalue weighted by Crippen LogP contribution is -2.56. The van der Waals surface area contributed by atoms with E-state index in [9.17, 15) is 9.59 Å². The number of benzene rings is 1. The van der Waals surface area contributed by atoms with E-state index in [4.69, 9.17) is 0 Å². The van der Waals surface area contributed by atoms with Gasteiger partial charge >= 0.3 is 0 Å². The molecule has 0 radical (unpaired) electrons. The van der Waals surface area contributed by atoms with Crippen molar-refractivity contribution in [3.8, 4) is 0 Å². The van der Waals surface area contributed by atoms with Crippen molar-refractivity contribution in [2.45, 2.75) is 18.9 Å². The second-order valence-electron chi connectivity index (χ2n) is 3.86. The summed E-state index contributed by atoms with van der Waals surface area (Å²) in [6.45, 7) is 0.0979. The Labute approximate surface area is 94.0 Å². The van der Waals surface area contributed by atoms with Gasteiger partial charge in [-0.2, -0.15) is 0 Å². The fourth-order valence-electron chi connectivity index (χ4n) is 1.76. The van der Waals surface area contributed by atoms with E-state index in [2.05, 4.69) is 10.6 Å². The maximum atomic E-state index is 11.4. The van der Waals surface area contributed by atoms with Gasteiger partial charge < -0.3 is 10.6 Å². The summed E-state index contributed by atoms with van der Waals surface area (Å²) in [7, 11) is 0. The van der Waals surface area contributed by atoms with Crippen molar-refractivity contribution in [2.75, 3.05) is 6.54 Å².